The van der Waals surface area contributed by atoms with Gasteiger partial charge >= 0.3 is 0 Å². The highest BCUT2D eigenvalue weighted by atomic mass is 32.2. The number of nitrogens with one attached hydrogen (secondary N) is 2. The van der Waals surface area contributed by atoms with Crippen molar-refractivity contribution in [2.24, 2.45) is 0 Å². The summed E-state index contributed by atoms with van der Waals surface area (Å²) in [4.78, 5) is 13.7. The minimum atomic E-state index is -3.14. The van der Waals surface area contributed by atoms with Gasteiger partial charge in [0.2, 0.25) is 15.9 Å². The van der Waals surface area contributed by atoms with Gasteiger partial charge < -0.3 is 10.2 Å². The summed E-state index contributed by atoms with van der Waals surface area (Å²) in [6.07, 6.45) is 1.91. The molecule has 1 aliphatic heterocycles. The van der Waals surface area contributed by atoms with E-state index in [-0.39, 0.29) is 17.7 Å². The molecule has 0 radical (unpaired) electrons. The maximum absolute atomic E-state index is 11.9. The van der Waals surface area contributed by atoms with Gasteiger partial charge in [-0.2, -0.15) is 0 Å². The molecule has 2 N–H and O–H groups in total. The molecule has 6 nitrogen and oxygen atoms in total. The third kappa shape index (κ3) is 5.88. The van der Waals surface area contributed by atoms with Crippen molar-refractivity contribution in [3.8, 4) is 0 Å². The molecule has 1 saturated heterocycles. The number of carbonyl (C=O) groups is 1. The quantitative estimate of drug-likeness (QED) is 0.643. The maximum Gasteiger partial charge on any atom is 0.223 e. The van der Waals surface area contributed by atoms with Gasteiger partial charge in [0.15, 0.2) is 0 Å². The van der Waals surface area contributed by atoms with Gasteiger partial charge in [0.25, 0.3) is 0 Å². The van der Waals surface area contributed by atoms with Crippen molar-refractivity contribution < 1.29 is 13.2 Å². The fourth-order valence-electron chi connectivity index (χ4n) is 2.11. The number of nitrogens with zero attached hydrogens (tertiary/aromatic N) is 1. The van der Waals surface area contributed by atoms with E-state index in [1.54, 1.807) is 6.92 Å². The lowest BCUT2D eigenvalue weighted by Gasteiger charge is -2.32. The summed E-state index contributed by atoms with van der Waals surface area (Å²) < 4.78 is 25.6. The molecule has 0 bridgehead atoms. The first kappa shape index (κ1) is 16.4. The van der Waals surface area contributed by atoms with Crippen molar-refractivity contribution >= 4 is 15.9 Å². The van der Waals surface area contributed by atoms with Gasteiger partial charge in [-0.3, -0.25) is 4.79 Å². The van der Waals surface area contributed by atoms with Gasteiger partial charge in [0, 0.05) is 32.1 Å². The van der Waals surface area contributed by atoms with Crippen molar-refractivity contribution in [3.63, 3.8) is 0 Å². The van der Waals surface area contributed by atoms with Crippen LogP contribution in [0.4, 0.5) is 0 Å². The third-order valence-electron chi connectivity index (χ3n) is 3.34. The van der Waals surface area contributed by atoms with Crippen LogP contribution in [0.2, 0.25) is 0 Å². The van der Waals surface area contributed by atoms with Crippen LogP contribution in [0, 0.1) is 0 Å². The van der Waals surface area contributed by atoms with Gasteiger partial charge in [-0.05, 0) is 26.3 Å². The molecule has 0 saturated carbocycles. The fourth-order valence-corrected chi connectivity index (χ4v) is 3.02. The molecule has 0 unspecified atom stereocenters. The van der Waals surface area contributed by atoms with Crippen LogP contribution in [0.5, 0.6) is 0 Å². The van der Waals surface area contributed by atoms with Crippen molar-refractivity contribution in [1.82, 2.24) is 14.9 Å². The first-order valence-electron chi connectivity index (χ1n) is 6.97. The first-order valence-corrected chi connectivity index (χ1v) is 8.62. The second kappa shape index (κ2) is 7.81. The highest BCUT2D eigenvalue weighted by Gasteiger charge is 2.24. The normalized spacial score (nSPS) is 17.7. The molecule has 1 aliphatic rings. The number of carbonyl (C=O) groups excluding carboxylic acids is 1. The van der Waals surface area contributed by atoms with Crippen LogP contribution in [0.25, 0.3) is 0 Å². The van der Waals surface area contributed by atoms with Crippen molar-refractivity contribution in [3.05, 3.63) is 0 Å². The molecule has 7 heteroatoms. The molecule has 112 valence electrons. The second-order valence-electron chi connectivity index (χ2n) is 4.78. The summed E-state index contributed by atoms with van der Waals surface area (Å²) in [6, 6.07) is -0.0252. The van der Waals surface area contributed by atoms with Crippen LogP contribution in [-0.2, 0) is 14.8 Å². The molecule has 0 aliphatic carbocycles. The standard InChI is InChI=1S/C12H25N3O3S/c1-3-13-8-5-12(16)15-9-6-11(7-10-15)14-19(17,18)4-2/h11,13-14H,3-10H2,1-2H3. The average Bonchev–Trinajstić information content (AvgIpc) is 2.39. The van der Waals surface area contributed by atoms with E-state index in [4.69, 9.17) is 0 Å². The number of amides is 1. The van der Waals surface area contributed by atoms with Gasteiger partial charge in [-0.25, -0.2) is 13.1 Å². The predicted octanol–water partition coefficient (Wildman–Crippen LogP) is -0.0837. The van der Waals surface area contributed by atoms with Gasteiger partial charge in [-0.15, -0.1) is 0 Å². The average molecular weight is 291 g/mol. The smallest absolute Gasteiger partial charge is 0.223 e. The Morgan fingerprint density at radius 2 is 1.89 bits per heavy atom. The molecule has 0 aromatic heterocycles. The Balaban J connectivity index is 2.30. The fraction of sp³-hybridized carbons (Fsp3) is 0.917. The zero-order chi connectivity index (χ0) is 14.3. The zero-order valence-corrected chi connectivity index (χ0v) is 12.6. The molecular weight excluding hydrogens is 266 g/mol. The lowest BCUT2D eigenvalue weighted by Crippen LogP contribution is -2.47. The molecule has 1 amide bonds. The Kier molecular flexibility index (Phi) is 6.74. The van der Waals surface area contributed by atoms with Crippen LogP contribution >= 0.6 is 0 Å². The Hall–Kier alpha value is -0.660. The number of rotatable bonds is 7. The van der Waals surface area contributed by atoms with Gasteiger partial charge in [0.1, 0.15) is 0 Å². The Bertz CT molecular complexity index is 376. The van der Waals surface area contributed by atoms with Crippen LogP contribution in [0.1, 0.15) is 33.1 Å². The molecule has 1 fully saturated rings. The minimum Gasteiger partial charge on any atom is -0.343 e. The van der Waals surface area contributed by atoms with Crippen LogP contribution in [-0.4, -0.2) is 57.2 Å². The van der Waals surface area contributed by atoms with E-state index in [2.05, 4.69) is 10.0 Å². The van der Waals surface area contributed by atoms with Gasteiger partial charge in [0.05, 0.1) is 5.75 Å². The highest BCUT2D eigenvalue weighted by molar-refractivity contribution is 7.89. The summed E-state index contributed by atoms with van der Waals surface area (Å²) in [5, 5.41) is 3.13. The van der Waals surface area contributed by atoms with Gasteiger partial charge in [-0.1, -0.05) is 6.92 Å². The molecule has 0 aromatic carbocycles. The Morgan fingerprint density at radius 1 is 1.26 bits per heavy atom. The largest absolute Gasteiger partial charge is 0.343 e. The molecular formula is C12H25N3O3S. The summed E-state index contributed by atoms with van der Waals surface area (Å²) in [7, 11) is -3.14. The topological polar surface area (TPSA) is 78.5 Å². The molecule has 0 atom stereocenters. The molecule has 19 heavy (non-hydrogen) atoms. The van der Waals surface area contributed by atoms with E-state index in [1.165, 1.54) is 0 Å². The lowest BCUT2D eigenvalue weighted by atomic mass is 10.1. The van der Waals surface area contributed by atoms with Crippen molar-refractivity contribution in [1.29, 1.82) is 0 Å². The second-order valence-corrected chi connectivity index (χ2v) is 6.82. The first-order chi connectivity index (χ1) is 8.98. The number of hydrogen-bond donors (Lipinski definition) is 2. The number of hydrogen-bond acceptors (Lipinski definition) is 4. The van der Waals surface area contributed by atoms with E-state index in [1.807, 2.05) is 11.8 Å². The summed E-state index contributed by atoms with van der Waals surface area (Å²) in [5.74, 6) is 0.257. The Labute approximate surface area is 116 Å². The highest BCUT2D eigenvalue weighted by Crippen LogP contribution is 2.12. The van der Waals surface area contributed by atoms with E-state index >= 15 is 0 Å². The molecule has 0 aromatic rings. The zero-order valence-electron chi connectivity index (χ0n) is 11.8. The summed E-state index contributed by atoms with van der Waals surface area (Å²) in [5.41, 5.74) is 0. The maximum atomic E-state index is 11.9. The van der Waals surface area contributed by atoms with Crippen LogP contribution in [0.3, 0.4) is 0 Å². The number of likely N-dealkylation sites (tertiary alicyclic amines) is 1. The number of piperidine rings is 1. The monoisotopic (exact) mass is 291 g/mol. The third-order valence-corrected chi connectivity index (χ3v) is 4.79. The van der Waals surface area contributed by atoms with Crippen LogP contribution < -0.4 is 10.0 Å². The van der Waals surface area contributed by atoms with E-state index in [0.717, 1.165) is 6.54 Å². The molecule has 1 rings (SSSR count). The Morgan fingerprint density at radius 3 is 2.42 bits per heavy atom. The van der Waals surface area contributed by atoms with E-state index in [9.17, 15) is 13.2 Å². The minimum absolute atomic E-state index is 0.0252. The summed E-state index contributed by atoms with van der Waals surface area (Å²) in [6.45, 7) is 6.49. The molecule has 0 spiro atoms. The van der Waals surface area contributed by atoms with E-state index < -0.39 is 10.0 Å². The summed E-state index contributed by atoms with van der Waals surface area (Å²) >= 11 is 0. The predicted molar refractivity (Wildman–Crippen MR) is 75.4 cm³/mol. The SMILES string of the molecule is CCNCCC(=O)N1CCC(NS(=O)(=O)CC)CC1. The van der Waals surface area contributed by atoms with Crippen molar-refractivity contribution in [2.45, 2.75) is 39.2 Å². The number of sulfonamides is 1. The van der Waals surface area contributed by atoms with E-state index in [0.29, 0.717) is 38.9 Å². The lowest BCUT2D eigenvalue weighted by molar-refractivity contribution is -0.132. The molecule has 1 heterocycles. The van der Waals surface area contributed by atoms with Crippen molar-refractivity contribution in [2.75, 3.05) is 31.9 Å². The van der Waals surface area contributed by atoms with Crippen LogP contribution in [0.15, 0.2) is 0 Å².